The first kappa shape index (κ1) is 10.5. The summed E-state index contributed by atoms with van der Waals surface area (Å²) >= 11 is 0. The van der Waals surface area contributed by atoms with Crippen molar-refractivity contribution in [2.75, 3.05) is 7.11 Å². The molecular formula is C10H18N2O. The van der Waals surface area contributed by atoms with Gasteiger partial charge in [0.1, 0.15) is 5.54 Å². The Hall–Kier alpha value is -0.590. The molecule has 0 radical (unpaired) electrons. The van der Waals surface area contributed by atoms with Crippen molar-refractivity contribution >= 4 is 0 Å². The van der Waals surface area contributed by atoms with Crippen molar-refractivity contribution in [3.8, 4) is 6.07 Å². The molecule has 1 N–H and O–H groups in total. The van der Waals surface area contributed by atoms with E-state index in [1.165, 1.54) is 0 Å². The Kier molecular flexibility index (Phi) is 3.29. The topological polar surface area (TPSA) is 45.0 Å². The molecule has 0 saturated heterocycles. The number of hydrogen-bond donors (Lipinski definition) is 1. The Labute approximate surface area is 80.1 Å². The van der Waals surface area contributed by atoms with Crippen LogP contribution in [0.5, 0.6) is 0 Å². The molecule has 1 fully saturated rings. The van der Waals surface area contributed by atoms with Crippen LogP contribution in [0.1, 0.15) is 33.1 Å². The first-order chi connectivity index (χ1) is 6.12. The molecule has 1 rings (SSSR count). The van der Waals surface area contributed by atoms with Crippen LogP contribution < -0.4 is 5.32 Å². The predicted molar refractivity (Wildman–Crippen MR) is 51.3 cm³/mol. The van der Waals surface area contributed by atoms with Crippen molar-refractivity contribution in [2.45, 2.75) is 50.8 Å². The Balaban J connectivity index is 2.58. The third-order valence-corrected chi connectivity index (χ3v) is 2.58. The zero-order valence-corrected chi connectivity index (χ0v) is 8.63. The fraction of sp³-hybridized carbons (Fsp3) is 0.900. The predicted octanol–water partition coefficient (Wildman–Crippen LogP) is 1.45. The van der Waals surface area contributed by atoms with Gasteiger partial charge in [0.15, 0.2) is 0 Å². The van der Waals surface area contributed by atoms with Gasteiger partial charge < -0.3 is 4.74 Å². The van der Waals surface area contributed by atoms with Crippen molar-refractivity contribution in [2.24, 2.45) is 0 Å². The lowest BCUT2D eigenvalue weighted by Gasteiger charge is -2.25. The van der Waals surface area contributed by atoms with Gasteiger partial charge in [-0.2, -0.15) is 5.26 Å². The van der Waals surface area contributed by atoms with Gasteiger partial charge in [0.2, 0.25) is 0 Å². The van der Waals surface area contributed by atoms with Crippen LogP contribution in [0.3, 0.4) is 0 Å². The van der Waals surface area contributed by atoms with E-state index in [9.17, 15) is 0 Å². The van der Waals surface area contributed by atoms with E-state index in [1.807, 2.05) is 0 Å². The van der Waals surface area contributed by atoms with Crippen LogP contribution in [0.15, 0.2) is 0 Å². The van der Waals surface area contributed by atoms with E-state index in [-0.39, 0.29) is 11.6 Å². The second-order valence-electron chi connectivity index (χ2n) is 4.09. The normalized spacial score (nSPS) is 33.6. The van der Waals surface area contributed by atoms with Crippen molar-refractivity contribution in [1.82, 2.24) is 5.32 Å². The van der Waals surface area contributed by atoms with E-state index in [0.29, 0.717) is 6.04 Å². The summed E-state index contributed by atoms with van der Waals surface area (Å²) in [4.78, 5) is 0. The second-order valence-corrected chi connectivity index (χ2v) is 4.09. The largest absolute Gasteiger partial charge is 0.381 e. The first-order valence-electron chi connectivity index (χ1n) is 4.83. The molecule has 0 amide bonds. The summed E-state index contributed by atoms with van der Waals surface area (Å²) in [6, 6.07) is 2.74. The summed E-state index contributed by atoms with van der Waals surface area (Å²) in [5.41, 5.74) is -0.338. The molecule has 74 valence electrons. The average molecular weight is 182 g/mol. The number of ether oxygens (including phenoxy) is 1. The van der Waals surface area contributed by atoms with Gasteiger partial charge >= 0.3 is 0 Å². The van der Waals surface area contributed by atoms with Gasteiger partial charge in [-0.15, -0.1) is 0 Å². The van der Waals surface area contributed by atoms with Crippen LogP contribution in [-0.4, -0.2) is 24.8 Å². The highest BCUT2D eigenvalue weighted by Crippen LogP contribution is 2.31. The Morgan fingerprint density at radius 2 is 2.31 bits per heavy atom. The van der Waals surface area contributed by atoms with Crippen LogP contribution >= 0.6 is 0 Å². The molecule has 1 aliphatic carbocycles. The number of methoxy groups -OCH3 is 1. The SMILES string of the molecule is COC1CCC(C#N)(NC(C)C)C1. The highest BCUT2D eigenvalue weighted by Gasteiger charge is 2.39. The molecule has 13 heavy (non-hydrogen) atoms. The molecule has 0 aliphatic heterocycles. The van der Waals surface area contributed by atoms with Gasteiger partial charge in [-0.05, 0) is 26.7 Å². The lowest BCUT2D eigenvalue weighted by molar-refractivity contribution is 0.103. The molecule has 3 heteroatoms. The highest BCUT2D eigenvalue weighted by molar-refractivity contribution is 5.12. The van der Waals surface area contributed by atoms with E-state index >= 15 is 0 Å². The fourth-order valence-electron chi connectivity index (χ4n) is 2.02. The highest BCUT2D eigenvalue weighted by atomic mass is 16.5. The maximum absolute atomic E-state index is 9.11. The second kappa shape index (κ2) is 4.08. The monoisotopic (exact) mass is 182 g/mol. The molecule has 2 unspecified atom stereocenters. The molecule has 0 aromatic rings. The maximum atomic E-state index is 9.11. The number of hydrogen-bond acceptors (Lipinski definition) is 3. The van der Waals surface area contributed by atoms with Gasteiger partial charge in [-0.25, -0.2) is 0 Å². The van der Waals surface area contributed by atoms with E-state index in [0.717, 1.165) is 19.3 Å². The molecule has 1 saturated carbocycles. The van der Waals surface area contributed by atoms with E-state index < -0.39 is 0 Å². The van der Waals surface area contributed by atoms with E-state index in [1.54, 1.807) is 7.11 Å². The smallest absolute Gasteiger partial charge is 0.109 e. The van der Waals surface area contributed by atoms with Crippen LogP contribution in [0.25, 0.3) is 0 Å². The molecule has 2 atom stereocenters. The minimum Gasteiger partial charge on any atom is -0.381 e. The zero-order valence-electron chi connectivity index (χ0n) is 8.63. The lowest BCUT2D eigenvalue weighted by Crippen LogP contribution is -2.45. The molecule has 0 bridgehead atoms. The van der Waals surface area contributed by atoms with Gasteiger partial charge in [0, 0.05) is 19.6 Å². The third kappa shape index (κ3) is 2.43. The Bertz CT molecular complexity index is 209. The van der Waals surface area contributed by atoms with Crippen LogP contribution in [0.2, 0.25) is 0 Å². The van der Waals surface area contributed by atoms with Crippen molar-refractivity contribution in [3.05, 3.63) is 0 Å². The number of nitrogens with zero attached hydrogens (tertiary/aromatic N) is 1. The summed E-state index contributed by atoms with van der Waals surface area (Å²) < 4.78 is 5.26. The lowest BCUT2D eigenvalue weighted by atomic mass is 9.98. The standard InChI is InChI=1S/C10H18N2O/c1-8(2)12-10(7-11)5-4-9(6-10)13-3/h8-9,12H,4-6H2,1-3H3. The van der Waals surface area contributed by atoms with Crippen LogP contribution in [0.4, 0.5) is 0 Å². The summed E-state index contributed by atoms with van der Waals surface area (Å²) in [5.74, 6) is 0. The van der Waals surface area contributed by atoms with Crippen molar-refractivity contribution in [1.29, 1.82) is 5.26 Å². The summed E-state index contributed by atoms with van der Waals surface area (Å²) in [6.45, 7) is 4.14. The maximum Gasteiger partial charge on any atom is 0.109 e. The van der Waals surface area contributed by atoms with Crippen molar-refractivity contribution < 1.29 is 4.74 Å². The van der Waals surface area contributed by atoms with Crippen LogP contribution in [0, 0.1) is 11.3 Å². The number of rotatable bonds is 3. The number of nitriles is 1. The average Bonchev–Trinajstić information content (AvgIpc) is 2.48. The summed E-state index contributed by atoms with van der Waals surface area (Å²) in [5, 5.41) is 12.4. The molecule has 0 heterocycles. The van der Waals surface area contributed by atoms with Gasteiger partial charge in [-0.3, -0.25) is 5.32 Å². The van der Waals surface area contributed by atoms with Crippen LogP contribution in [-0.2, 0) is 4.74 Å². The molecule has 0 aromatic carbocycles. The quantitative estimate of drug-likeness (QED) is 0.718. The molecular weight excluding hydrogens is 164 g/mol. The minimum atomic E-state index is -0.338. The summed E-state index contributed by atoms with van der Waals surface area (Å²) in [6.07, 6.45) is 2.97. The molecule has 3 nitrogen and oxygen atoms in total. The molecule has 1 aliphatic rings. The van der Waals surface area contributed by atoms with Crippen molar-refractivity contribution in [3.63, 3.8) is 0 Å². The number of nitrogens with one attached hydrogen (secondary N) is 1. The van der Waals surface area contributed by atoms with E-state index in [2.05, 4.69) is 25.2 Å². The van der Waals surface area contributed by atoms with Gasteiger partial charge in [-0.1, -0.05) is 0 Å². The minimum absolute atomic E-state index is 0.255. The molecule has 0 aromatic heterocycles. The molecule has 0 spiro atoms. The van der Waals surface area contributed by atoms with E-state index in [4.69, 9.17) is 10.00 Å². The first-order valence-corrected chi connectivity index (χ1v) is 4.83. The van der Waals surface area contributed by atoms with Gasteiger partial charge in [0.05, 0.1) is 12.2 Å². The fourth-order valence-corrected chi connectivity index (χ4v) is 2.02. The Morgan fingerprint density at radius 1 is 1.62 bits per heavy atom. The zero-order chi connectivity index (χ0) is 9.90. The van der Waals surface area contributed by atoms with Gasteiger partial charge in [0.25, 0.3) is 0 Å². The summed E-state index contributed by atoms with van der Waals surface area (Å²) in [7, 11) is 1.72. The Morgan fingerprint density at radius 3 is 2.69 bits per heavy atom. The third-order valence-electron chi connectivity index (χ3n) is 2.58.